The molecule has 2 atom stereocenters. The minimum absolute atomic E-state index is 0.230. The molecule has 66 valence electrons. The molecule has 0 aromatic heterocycles. The van der Waals surface area contributed by atoms with Gasteiger partial charge in [-0.25, -0.2) is 0 Å². The van der Waals surface area contributed by atoms with E-state index in [4.69, 9.17) is 0 Å². The standard InChI is InChI=1S/C10H20O/c1-3-5-7-10(11)8-9(10)6-4-2/h9,11H,3-8H2,1-2H3. The second-order valence-electron chi connectivity index (χ2n) is 3.90. The van der Waals surface area contributed by atoms with Gasteiger partial charge >= 0.3 is 0 Å². The lowest BCUT2D eigenvalue weighted by Crippen LogP contribution is -2.10. The summed E-state index contributed by atoms with van der Waals surface area (Å²) in [6.07, 6.45) is 6.95. The second kappa shape index (κ2) is 3.57. The van der Waals surface area contributed by atoms with Gasteiger partial charge in [0.05, 0.1) is 5.60 Å². The van der Waals surface area contributed by atoms with Crippen LogP contribution in [0.25, 0.3) is 0 Å². The Hall–Kier alpha value is -0.0400. The number of hydrogen-bond donors (Lipinski definition) is 1. The first-order chi connectivity index (χ1) is 5.23. The molecule has 1 aliphatic carbocycles. The first kappa shape index (κ1) is 9.05. The van der Waals surface area contributed by atoms with Crippen molar-refractivity contribution in [1.82, 2.24) is 0 Å². The molecule has 0 aromatic carbocycles. The number of aliphatic hydroxyl groups is 1. The average Bonchev–Trinajstić information content (AvgIpc) is 2.60. The molecule has 1 heteroatoms. The largest absolute Gasteiger partial charge is 0.390 e. The molecule has 0 heterocycles. The molecule has 0 radical (unpaired) electrons. The van der Waals surface area contributed by atoms with Gasteiger partial charge in [0.25, 0.3) is 0 Å². The summed E-state index contributed by atoms with van der Waals surface area (Å²) in [6.45, 7) is 4.37. The Bertz CT molecular complexity index is 122. The zero-order valence-corrected chi connectivity index (χ0v) is 7.77. The summed E-state index contributed by atoms with van der Waals surface area (Å²) in [5.74, 6) is 0.638. The van der Waals surface area contributed by atoms with Gasteiger partial charge in [0.1, 0.15) is 0 Å². The monoisotopic (exact) mass is 156 g/mol. The van der Waals surface area contributed by atoms with Crippen molar-refractivity contribution in [1.29, 1.82) is 0 Å². The van der Waals surface area contributed by atoms with Gasteiger partial charge in [-0.05, 0) is 25.2 Å². The molecule has 11 heavy (non-hydrogen) atoms. The van der Waals surface area contributed by atoms with Crippen LogP contribution in [0.5, 0.6) is 0 Å². The number of rotatable bonds is 5. The molecule has 0 aliphatic heterocycles. The van der Waals surface area contributed by atoms with E-state index in [1.165, 1.54) is 25.7 Å². The lowest BCUT2D eigenvalue weighted by atomic mass is 10.1. The Morgan fingerprint density at radius 3 is 2.64 bits per heavy atom. The van der Waals surface area contributed by atoms with E-state index >= 15 is 0 Å². The van der Waals surface area contributed by atoms with E-state index in [0.717, 1.165) is 12.8 Å². The summed E-state index contributed by atoms with van der Waals surface area (Å²) >= 11 is 0. The molecule has 1 nitrogen and oxygen atoms in total. The van der Waals surface area contributed by atoms with Crippen molar-refractivity contribution in [3.63, 3.8) is 0 Å². The summed E-state index contributed by atoms with van der Waals surface area (Å²) < 4.78 is 0. The van der Waals surface area contributed by atoms with Crippen LogP contribution in [0.4, 0.5) is 0 Å². The van der Waals surface area contributed by atoms with E-state index in [9.17, 15) is 5.11 Å². The highest BCUT2D eigenvalue weighted by molar-refractivity contribution is 5.02. The second-order valence-corrected chi connectivity index (χ2v) is 3.90. The van der Waals surface area contributed by atoms with Crippen LogP contribution >= 0.6 is 0 Å². The summed E-state index contributed by atoms with van der Waals surface area (Å²) in [5.41, 5.74) is -0.230. The Balaban J connectivity index is 2.14. The van der Waals surface area contributed by atoms with E-state index in [-0.39, 0.29) is 5.60 Å². The molecule has 0 bridgehead atoms. The van der Waals surface area contributed by atoms with E-state index in [1.54, 1.807) is 0 Å². The molecule has 2 unspecified atom stereocenters. The van der Waals surface area contributed by atoms with Gasteiger partial charge < -0.3 is 5.11 Å². The van der Waals surface area contributed by atoms with Crippen molar-refractivity contribution in [2.45, 2.75) is 58.0 Å². The van der Waals surface area contributed by atoms with Gasteiger partial charge in [-0.2, -0.15) is 0 Å². The maximum absolute atomic E-state index is 9.85. The predicted octanol–water partition coefficient (Wildman–Crippen LogP) is 2.73. The molecule has 0 spiro atoms. The quantitative estimate of drug-likeness (QED) is 0.649. The van der Waals surface area contributed by atoms with E-state index in [1.807, 2.05) is 0 Å². The van der Waals surface area contributed by atoms with E-state index < -0.39 is 0 Å². The van der Waals surface area contributed by atoms with Gasteiger partial charge in [-0.1, -0.05) is 33.1 Å². The lowest BCUT2D eigenvalue weighted by Gasteiger charge is -2.08. The van der Waals surface area contributed by atoms with Crippen molar-refractivity contribution in [3.8, 4) is 0 Å². The van der Waals surface area contributed by atoms with Gasteiger partial charge in [-0.15, -0.1) is 0 Å². The molecule has 0 aromatic rings. The average molecular weight is 156 g/mol. The normalized spacial score (nSPS) is 35.7. The zero-order valence-electron chi connectivity index (χ0n) is 7.77. The first-order valence-corrected chi connectivity index (χ1v) is 4.95. The summed E-state index contributed by atoms with van der Waals surface area (Å²) in [4.78, 5) is 0. The van der Waals surface area contributed by atoms with Crippen LogP contribution in [0.1, 0.15) is 52.4 Å². The summed E-state index contributed by atoms with van der Waals surface area (Å²) in [7, 11) is 0. The Kier molecular flexibility index (Phi) is 2.94. The van der Waals surface area contributed by atoms with Gasteiger partial charge in [0.15, 0.2) is 0 Å². The smallest absolute Gasteiger partial charge is 0.0680 e. The molecule has 0 amide bonds. The maximum Gasteiger partial charge on any atom is 0.0680 e. The van der Waals surface area contributed by atoms with Crippen LogP contribution in [-0.2, 0) is 0 Å². The van der Waals surface area contributed by atoms with E-state index in [0.29, 0.717) is 5.92 Å². The fraction of sp³-hybridized carbons (Fsp3) is 1.00. The fourth-order valence-electron chi connectivity index (χ4n) is 1.88. The Morgan fingerprint density at radius 2 is 2.09 bits per heavy atom. The van der Waals surface area contributed by atoms with Gasteiger partial charge in [-0.3, -0.25) is 0 Å². The van der Waals surface area contributed by atoms with Crippen molar-refractivity contribution in [3.05, 3.63) is 0 Å². The van der Waals surface area contributed by atoms with Crippen LogP contribution < -0.4 is 0 Å². The van der Waals surface area contributed by atoms with Gasteiger partial charge in [0.2, 0.25) is 0 Å². The molecule has 1 N–H and O–H groups in total. The van der Waals surface area contributed by atoms with Gasteiger partial charge in [0, 0.05) is 0 Å². The highest BCUT2D eigenvalue weighted by Crippen LogP contribution is 2.49. The molecule has 0 saturated heterocycles. The van der Waals surface area contributed by atoms with Crippen molar-refractivity contribution in [2.24, 2.45) is 5.92 Å². The molecule has 1 rings (SSSR count). The van der Waals surface area contributed by atoms with E-state index in [2.05, 4.69) is 13.8 Å². The minimum atomic E-state index is -0.230. The third-order valence-corrected chi connectivity index (χ3v) is 2.80. The van der Waals surface area contributed by atoms with Crippen molar-refractivity contribution in [2.75, 3.05) is 0 Å². The first-order valence-electron chi connectivity index (χ1n) is 4.95. The molecule has 1 fully saturated rings. The molecule has 1 saturated carbocycles. The number of hydrogen-bond acceptors (Lipinski definition) is 1. The third kappa shape index (κ3) is 2.19. The Labute approximate surface area is 69.8 Å². The van der Waals surface area contributed by atoms with Crippen LogP contribution in [0.15, 0.2) is 0 Å². The Morgan fingerprint density at radius 1 is 1.36 bits per heavy atom. The minimum Gasteiger partial charge on any atom is -0.390 e. The lowest BCUT2D eigenvalue weighted by molar-refractivity contribution is 0.116. The summed E-state index contributed by atoms with van der Waals surface area (Å²) in [6, 6.07) is 0. The van der Waals surface area contributed by atoms with Crippen LogP contribution in [0, 0.1) is 5.92 Å². The third-order valence-electron chi connectivity index (χ3n) is 2.80. The maximum atomic E-state index is 9.85. The molecular weight excluding hydrogens is 136 g/mol. The molecule has 1 aliphatic rings. The van der Waals surface area contributed by atoms with Crippen molar-refractivity contribution < 1.29 is 5.11 Å². The number of unbranched alkanes of at least 4 members (excludes halogenated alkanes) is 1. The zero-order chi connectivity index (χ0) is 8.32. The van der Waals surface area contributed by atoms with Crippen molar-refractivity contribution >= 4 is 0 Å². The topological polar surface area (TPSA) is 20.2 Å². The predicted molar refractivity (Wildman–Crippen MR) is 47.5 cm³/mol. The van der Waals surface area contributed by atoms with Crippen LogP contribution in [-0.4, -0.2) is 10.7 Å². The fourth-order valence-corrected chi connectivity index (χ4v) is 1.88. The van der Waals surface area contributed by atoms with Crippen LogP contribution in [0.3, 0.4) is 0 Å². The highest BCUT2D eigenvalue weighted by atomic mass is 16.3. The SMILES string of the molecule is CCCCC1(O)CC1CCC. The molecular formula is C10H20O. The highest BCUT2D eigenvalue weighted by Gasteiger charge is 2.50. The van der Waals surface area contributed by atoms with Crippen LogP contribution in [0.2, 0.25) is 0 Å². The summed E-state index contributed by atoms with van der Waals surface area (Å²) in [5, 5.41) is 9.85.